The van der Waals surface area contributed by atoms with Gasteiger partial charge in [0.05, 0.1) is 17.3 Å². The van der Waals surface area contributed by atoms with Crippen LogP contribution in [0.15, 0.2) is 6.20 Å². The molecule has 1 unspecified atom stereocenters. The number of aliphatic hydroxyl groups excluding tert-OH is 1. The number of nitrogens with zero attached hydrogens (tertiary/aromatic N) is 2. The summed E-state index contributed by atoms with van der Waals surface area (Å²) in [4.78, 5) is 0. The quantitative estimate of drug-likeness (QED) is 0.700. The zero-order chi connectivity index (χ0) is 9.14. The van der Waals surface area contributed by atoms with Crippen molar-refractivity contribution in [2.45, 2.75) is 12.5 Å². The molecule has 0 spiro atoms. The minimum atomic E-state index is -0.280. The molecule has 0 amide bonds. The van der Waals surface area contributed by atoms with Crippen molar-refractivity contribution in [3.05, 3.63) is 16.9 Å². The molecule has 4 nitrogen and oxygen atoms in total. The first-order valence-corrected chi connectivity index (χ1v) is 4.05. The summed E-state index contributed by atoms with van der Waals surface area (Å²) in [6.07, 6.45) is 2.22. The van der Waals surface area contributed by atoms with E-state index in [1.165, 1.54) is 0 Å². The molecule has 0 aliphatic carbocycles. The zero-order valence-corrected chi connectivity index (χ0v) is 7.62. The molecule has 68 valence electrons. The van der Waals surface area contributed by atoms with E-state index in [1.54, 1.807) is 17.9 Å². The Kier molecular flexibility index (Phi) is 3.08. The molecule has 0 aliphatic heterocycles. The van der Waals surface area contributed by atoms with Gasteiger partial charge in [0, 0.05) is 25.7 Å². The number of rotatable bonds is 3. The highest BCUT2D eigenvalue weighted by Gasteiger charge is 2.09. The summed E-state index contributed by atoms with van der Waals surface area (Å²) in [6, 6.07) is -0.280. The van der Waals surface area contributed by atoms with Crippen molar-refractivity contribution >= 4 is 11.6 Å². The van der Waals surface area contributed by atoms with Crippen LogP contribution in [0.4, 0.5) is 0 Å². The molecule has 0 bridgehead atoms. The Morgan fingerprint density at radius 3 is 2.92 bits per heavy atom. The minimum absolute atomic E-state index is 0.0487. The van der Waals surface area contributed by atoms with Gasteiger partial charge in [-0.15, -0.1) is 0 Å². The lowest BCUT2D eigenvalue weighted by Crippen LogP contribution is -2.27. The lowest BCUT2D eigenvalue weighted by Gasteiger charge is -2.04. The molecule has 0 saturated carbocycles. The van der Waals surface area contributed by atoms with Crippen LogP contribution < -0.4 is 5.73 Å². The van der Waals surface area contributed by atoms with Crippen molar-refractivity contribution in [2.24, 2.45) is 12.8 Å². The van der Waals surface area contributed by atoms with Crippen LogP contribution in [0.3, 0.4) is 0 Å². The number of aliphatic hydroxyl groups is 1. The Balaban J connectivity index is 2.68. The van der Waals surface area contributed by atoms with E-state index < -0.39 is 0 Å². The third-order valence-corrected chi connectivity index (χ3v) is 1.86. The molecule has 0 saturated heterocycles. The lowest BCUT2D eigenvalue weighted by atomic mass is 10.2. The second-order valence-corrected chi connectivity index (χ2v) is 3.15. The Bertz CT molecular complexity index is 261. The number of nitrogens with two attached hydrogens (primary N) is 1. The van der Waals surface area contributed by atoms with E-state index in [0.717, 1.165) is 5.69 Å². The standard InChI is InChI=1S/C7H12ClN3O/c1-11-3-6(8)7(10-11)2-5(9)4-12/h3,5,12H,2,4,9H2,1H3. The minimum Gasteiger partial charge on any atom is -0.395 e. The highest BCUT2D eigenvalue weighted by Crippen LogP contribution is 2.14. The first kappa shape index (κ1) is 9.51. The van der Waals surface area contributed by atoms with Crippen molar-refractivity contribution in [3.8, 4) is 0 Å². The predicted molar refractivity (Wildman–Crippen MR) is 47.0 cm³/mol. The summed E-state index contributed by atoms with van der Waals surface area (Å²) in [5, 5.41) is 13.4. The summed E-state index contributed by atoms with van der Waals surface area (Å²) in [7, 11) is 1.79. The van der Waals surface area contributed by atoms with E-state index in [4.69, 9.17) is 22.4 Å². The van der Waals surface area contributed by atoms with Crippen molar-refractivity contribution < 1.29 is 5.11 Å². The maximum atomic E-state index is 8.69. The van der Waals surface area contributed by atoms with Crippen LogP contribution >= 0.6 is 11.6 Å². The molecule has 1 aromatic rings. The van der Waals surface area contributed by atoms with Crippen LogP contribution in [0, 0.1) is 0 Å². The summed E-state index contributed by atoms with van der Waals surface area (Å²) >= 11 is 5.83. The van der Waals surface area contributed by atoms with Gasteiger partial charge in [0.2, 0.25) is 0 Å². The second kappa shape index (κ2) is 3.89. The molecule has 1 rings (SSSR count). The number of aromatic nitrogens is 2. The van der Waals surface area contributed by atoms with Crippen LogP contribution in [-0.4, -0.2) is 27.5 Å². The zero-order valence-electron chi connectivity index (χ0n) is 6.87. The van der Waals surface area contributed by atoms with E-state index in [0.29, 0.717) is 11.4 Å². The molecule has 1 aromatic heterocycles. The summed E-state index contributed by atoms with van der Waals surface area (Å²) in [6.45, 7) is -0.0487. The average Bonchev–Trinajstić information content (AvgIpc) is 2.30. The molecule has 0 aromatic carbocycles. The van der Waals surface area contributed by atoms with Gasteiger partial charge in [-0.05, 0) is 0 Å². The Hall–Kier alpha value is -0.580. The first-order chi connectivity index (χ1) is 5.63. The van der Waals surface area contributed by atoms with Crippen molar-refractivity contribution in [3.63, 3.8) is 0 Å². The van der Waals surface area contributed by atoms with E-state index in [2.05, 4.69) is 5.10 Å². The van der Waals surface area contributed by atoms with E-state index >= 15 is 0 Å². The van der Waals surface area contributed by atoms with Crippen LogP contribution in [0.1, 0.15) is 5.69 Å². The van der Waals surface area contributed by atoms with Gasteiger partial charge in [0.25, 0.3) is 0 Å². The fraction of sp³-hybridized carbons (Fsp3) is 0.571. The van der Waals surface area contributed by atoms with E-state index in [1.807, 2.05) is 0 Å². The van der Waals surface area contributed by atoms with Crippen molar-refractivity contribution in [1.29, 1.82) is 0 Å². The smallest absolute Gasteiger partial charge is 0.0827 e. The molecular formula is C7H12ClN3O. The summed E-state index contributed by atoms with van der Waals surface area (Å²) < 4.78 is 1.63. The monoisotopic (exact) mass is 189 g/mol. The van der Waals surface area contributed by atoms with E-state index in [9.17, 15) is 0 Å². The first-order valence-electron chi connectivity index (χ1n) is 3.68. The van der Waals surface area contributed by atoms with Gasteiger partial charge in [0.15, 0.2) is 0 Å². The van der Waals surface area contributed by atoms with Gasteiger partial charge in [-0.2, -0.15) is 5.10 Å². The molecule has 1 heterocycles. The molecule has 0 radical (unpaired) electrons. The Labute approximate surface area is 75.9 Å². The van der Waals surface area contributed by atoms with Crippen LogP contribution in [0.25, 0.3) is 0 Å². The molecular weight excluding hydrogens is 178 g/mol. The van der Waals surface area contributed by atoms with Gasteiger partial charge in [-0.25, -0.2) is 0 Å². The maximum absolute atomic E-state index is 8.69. The Morgan fingerprint density at radius 2 is 2.50 bits per heavy atom. The average molecular weight is 190 g/mol. The van der Waals surface area contributed by atoms with Crippen molar-refractivity contribution in [1.82, 2.24) is 9.78 Å². The third-order valence-electron chi connectivity index (χ3n) is 1.54. The number of aryl methyl sites for hydroxylation is 1. The molecule has 0 fully saturated rings. The maximum Gasteiger partial charge on any atom is 0.0827 e. The molecule has 0 aliphatic rings. The molecule has 1 atom stereocenters. The number of halogens is 1. The van der Waals surface area contributed by atoms with Crippen LogP contribution in [0.2, 0.25) is 5.02 Å². The summed E-state index contributed by atoms with van der Waals surface area (Å²) in [5.41, 5.74) is 6.26. The highest BCUT2D eigenvalue weighted by atomic mass is 35.5. The molecule has 3 N–H and O–H groups in total. The van der Waals surface area contributed by atoms with Gasteiger partial charge >= 0.3 is 0 Å². The number of hydrogen-bond acceptors (Lipinski definition) is 3. The SMILES string of the molecule is Cn1cc(Cl)c(CC(N)CO)n1. The lowest BCUT2D eigenvalue weighted by molar-refractivity contribution is 0.264. The van der Waals surface area contributed by atoms with E-state index in [-0.39, 0.29) is 12.6 Å². The molecule has 5 heteroatoms. The van der Waals surface area contributed by atoms with Crippen LogP contribution in [-0.2, 0) is 13.5 Å². The number of hydrogen-bond donors (Lipinski definition) is 2. The highest BCUT2D eigenvalue weighted by molar-refractivity contribution is 6.31. The largest absolute Gasteiger partial charge is 0.395 e. The van der Waals surface area contributed by atoms with Gasteiger partial charge < -0.3 is 10.8 Å². The predicted octanol–water partition coefficient (Wildman–Crippen LogP) is -0.0644. The second-order valence-electron chi connectivity index (χ2n) is 2.74. The fourth-order valence-corrected chi connectivity index (χ4v) is 1.21. The topological polar surface area (TPSA) is 64.1 Å². The van der Waals surface area contributed by atoms with Crippen LogP contribution in [0.5, 0.6) is 0 Å². The fourth-order valence-electron chi connectivity index (χ4n) is 0.957. The summed E-state index contributed by atoms with van der Waals surface area (Å²) in [5.74, 6) is 0. The molecule has 12 heavy (non-hydrogen) atoms. The van der Waals surface area contributed by atoms with Gasteiger partial charge in [-0.3, -0.25) is 4.68 Å². The third kappa shape index (κ3) is 2.20. The Morgan fingerprint density at radius 1 is 1.83 bits per heavy atom. The van der Waals surface area contributed by atoms with Gasteiger partial charge in [0.1, 0.15) is 0 Å². The normalized spacial score (nSPS) is 13.3. The van der Waals surface area contributed by atoms with Crippen molar-refractivity contribution in [2.75, 3.05) is 6.61 Å². The van der Waals surface area contributed by atoms with Gasteiger partial charge in [-0.1, -0.05) is 11.6 Å².